The highest BCUT2D eigenvalue weighted by molar-refractivity contribution is 5.81. The molecule has 11 heteroatoms. The van der Waals surface area contributed by atoms with Gasteiger partial charge in [0.15, 0.2) is 12.3 Å². The number of hydrogen-bond donors (Lipinski definition) is 1. The molecule has 4 aromatic rings. The van der Waals surface area contributed by atoms with Crippen LogP contribution in [0.25, 0.3) is 0 Å². The summed E-state index contributed by atoms with van der Waals surface area (Å²) in [6.07, 6.45) is -4.00. The van der Waals surface area contributed by atoms with Crippen molar-refractivity contribution in [3.63, 3.8) is 0 Å². The van der Waals surface area contributed by atoms with Gasteiger partial charge in [-0.15, -0.1) is 0 Å². The number of carbonyl (C=O) groups is 3. The number of carbonyl (C=O) groups excluding carboxylic acids is 3. The van der Waals surface area contributed by atoms with Gasteiger partial charge in [-0.3, -0.25) is 0 Å². The number of nitrogens with one attached hydrogen (secondary N) is 1. The molecule has 56 heavy (non-hydrogen) atoms. The standard InChI is InChI=1S/C45H53NO10/c1-32(47)25-37-40(51-27-34-19-11-6-12-20-34)41(52-28-35-21-13-7-14-22-35)39(31-50-26-33-17-9-5-10-18-33)55-43(37)54-30-38(46-44(49)56-45(2,3)4)42(48)53-29-36-23-15-8-16-24-36/h5-24,37-41,43H,25-31H2,1-4H3,(H,46,49)/t37-,38+,39-,40-,41+,43?/m1/s1. The first kappa shape index (κ1) is 42.2. The van der Waals surface area contributed by atoms with Crippen LogP contribution >= 0.6 is 0 Å². The Morgan fingerprint density at radius 3 is 1.64 bits per heavy atom. The highest BCUT2D eigenvalue weighted by Crippen LogP contribution is 2.35. The molecule has 1 aliphatic rings. The fourth-order valence-corrected chi connectivity index (χ4v) is 6.26. The number of benzene rings is 4. The molecule has 298 valence electrons. The lowest BCUT2D eigenvalue weighted by molar-refractivity contribution is -0.305. The Labute approximate surface area is 329 Å². The molecular formula is C45H53NO10. The minimum absolute atomic E-state index is 0.0181. The third-order valence-electron chi connectivity index (χ3n) is 8.88. The monoisotopic (exact) mass is 767 g/mol. The lowest BCUT2D eigenvalue weighted by atomic mass is 9.86. The van der Waals surface area contributed by atoms with E-state index in [0.29, 0.717) is 6.61 Å². The fraction of sp³-hybridized carbons (Fsp3) is 0.400. The van der Waals surface area contributed by atoms with E-state index in [2.05, 4.69) is 5.32 Å². The maximum atomic E-state index is 13.6. The molecule has 0 aliphatic carbocycles. The zero-order chi connectivity index (χ0) is 39.8. The number of hydrogen-bond acceptors (Lipinski definition) is 10. The zero-order valence-electron chi connectivity index (χ0n) is 32.5. The van der Waals surface area contributed by atoms with Crippen molar-refractivity contribution in [3.8, 4) is 0 Å². The van der Waals surface area contributed by atoms with E-state index in [1.54, 1.807) is 20.8 Å². The van der Waals surface area contributed by atoms with Crippen LogP contribution < -0.4 is 5.32 Å². The molecule has 1 saturated heterocycles. The molecule has 1 unspecified atom stereocenters. The van der Waals surface area contributed by atoms with E-state index < -0.39 is 54.2 Å². The van der Waals surface area contributed by atoms with Crippen LogP contribution in [0.4, 0.5) is 4.79 Å². The van der Waals surface area contributed by atoms with Gasteiger partial charge < -0.3 is 43.3 Å². The maximum absolute atomic E-state index is 13.6. The summed E-state index contributed by atoms with van der Waals surface area (Å²) in [6.45, 7) is 7.19. The molecule has 6 atom stereocenters. The van der Waals surface area contributed by atoms with E-state index in [1.807, 2.05) is 121 Å². The Balaban J connectivity index is 1.43. The van der Waals surface area contributed by atoms with E-state index in [4.69, 9.17) is 33.2 Å². The topological polar surface area (TPSA) is 128 Å². The normalized spacial score (nSPS) is 20.1. The van der Waals surface area contributed by atoms with E-state index in [9.17, 15) is 14.4 Å². The van der Waals surface area contributed by atoms with Crippen molar-refractivity contribution in [1.29, 1.82) is 0 Å². The van der Waals surface area contributed by atoms with E-state index in [-0.39, 0.29) is 45.2 Å². The summed E-state index contributed by atoms with van der Waals surface area (Å²) in [4.78, 5) is 39.5. The highest BCUT2D eigenvalue weighted by Gasteiger charge is 2.49. The molecule has 1 N–H and O–H groups in total. The summed E-state index contributed by atoms with van der Waals surface area (Å²) in [6, 6.07) is 37.2. The van der Waals surface area contributed by atoms with Crippen molar-refractivity contribution < 1.29 is 47.5 Å². The van der Waals surface area contributed by atoms with Crippen LogP contribution in [-0.2, 0) is 69.2 Å². The molecule has 4 aromatic carbocycles. The minimum atomic E-state index is -1.28. The number of esters is 1. The van der Waals surface area contributed by atoms with E-state index in [1.165, 1.54) is 6.92 Å². The average molecular weight is 768 g/mol. The third-order valence-corrected chi connectivity index (χ3v) is 8.88. The summed E-state index contributed by atoms with van der Waals surface area (Å²) in [5.41, 5.74) is 2.81. The number of ketones is 1. The largest absolute Gasteiger partial charge is 0.459 e. The maximum Gasteiger partial charge on any atom is 0.408 e. The molecule has 0 saturated carbocycles. The molecule has 1 aliphatic heterocycles. The van der Waals surface area contributed by atoms with E-state index in [0.717, 1.165) is 22.3 Å². The van der Waals surface area contributed by atoms with Crippen molar-refractivity contribution in [3.05, 3.63) is 144 Å². The van der Waals surface area contributed by atoms with Crippen LogP contribution in [0.15, 0.2) is 121 Å². The van der Waals surface area contributed by atoms with Crippen molar-refractivity contribution in [2.45, 2.75) is 96.8 Å². The second-order valence-electron chi connectivity index (χ2n) is 14.8. The number of amides is 1. The van der Waals surface area contributed by atoms with Gasteiger partial charge in [0.2, 0.25) is 0 Å². The summed E-state index contributed by atoms with van der Waals surface area (Å²) in [7, 11) is 0. The van der Waals surface area contributed by atoms with Crippen LogP contribution in [0.3, 0.4) is 0 Å². The number of Topliss-reactive ketones (excluding diaryl/α,β-unsaturated/α-hetero) is 1. The lowest BCUT2D eigenvalue weighted by Crippen LogP contribution is -2.59. The molecule has 0 radical (unpaired) electrons. The first-order chi connectivity index (χ1) is 27.0. The molecule has 1 amide bonds. The van der Waals surface area contributed by atoms with Crippen LogP contribution in [0.5, 0.6) is 0 Å². The van der Waals surface area contributed by atoms with Gasteiger partial charge in [-0.05, 0) is 49.9 Å². The predicted octanol–water partition coefficient (Wildman–Crippen LogP) is 7.35. The predicted molar refractivity (Wildman–Crippen MR) is 209 cm³/mol. The fourth-order valence-electron chi connectivity index (χ4n) is 6.26. The lowest BCUT2D eigenvalue weighted by Gasteiger charge is -2.46. The van der Waals surface area contributed by atoms with Gasteiger partial charge in [-0.1, -0.05) is 121 Å². The first-order valence-corrected chi connectivity index (χ1v) is 18.9. The summed E-state index contributed by atoms with van der Waals surface area (Å²) in [5.74, 6) is -1.53. The Morgan fingerprint density at radius 1 is 0.661 bits per heavy atom. The number of rotatable bonds is 19. The Morgan fingerprint density at radius 2 is 1.14 bits per heavy atom. The molecule has 1 heterocycles. The number of alkyl carbamates (subject to hydrolysis) is 1. The molecule has 11 nitrogen and oxygen atoms in total. The Kier molecular flexibility index (Phi) is 16.1. The summed E-state index contributed by atoms with van der Waals surface area (Å²) >= 11 is 0. The second kappa shape index (κ2) is 21.4. The van der Waals surface area contributed by atoms with Gasteiger partial charge in [0.25, 0.3) is 0 Å². The molecule has 0 spiro atoms. The van der Waals surface area contributed by atoms with Gasteiger partial charge >= 0.3 is 12.1 Å². The second-order valence-corrected chi connectivity index (χ2v) is 14.8. The van der Waals surface area contributed by atoms with E-state index >= 15 is 0 Å². The highest BCUT2D eigenvalue weighted by atomic mass is 16.7. The minimum Gasteiger partial charge on any atom is -0.459 e. The van der Waals surface area contributed by atoms with Crippen molar-refractivity contribution in [2.24, 2.45) is 5.92 Å². The summed E-state index contributed by atoms with van der Waals surface area (Å²) < 4.78 is 43.7. The summed E-state index contributed by atoms with van der Waals surface area (Å²) in [5, 5.41) is 2.61. The van der Waals surface area contributed by atoms with Crippen LogP contribution in [0.1, 0.15) is 56.4 Å². The smallest absolute Gasteiger partial charge is 0.408 e. The first-order valence-electron chi connectivity index (χ1n) is 18.9. The van der Waals surface area contributed by atoms with Gasteiger partial charge in [0, 0.05) is 12.3 Å². The zero-order valence-corrected chi connectivity index (χ0v) is 32.5. The third kappa shape index (κ3) is 14.0. The molecule has 0 bridgehead atoms. The molecule has 5 rings (SSSR count). The van der Waals surface area contributed by atoms with Gasteiger partial charge in [0.1, 0.15) is 30.2 Å². The van der Waals surface area contributed by atoms with Gasteiger partial charge in [-0.25, -0.2) is 9.59 Å². The molecule has 0 aromatic heterocycles. The van der Waals surface area contributed by atoms with Crippen molar-refractivity contribution >= 4 is 17.8 Å². The quantitative estimate of drug-likeness (QED) is 0.0968. The number of ether oxygens (including phenoxy) is 7. The van der Waals surface area contributed by atoms with Crippen LogP contribution in [-0.4, -0.2) is 67.3 Å². The van der Waals surface area contributed by atoms with Crippen LogP contribution in [0, 0.1) is 5.92 Å². The van der Waals surface area contributed by atoms with Crippen molar-refractivity contribution in [1.82, 2.24) is 5.32 Å². The molecule has 1 fully saturated rings. The van der Waals surface area contributed by atoms with Gasteiger partial charge in [-0.2, -0.15) is 0 Å². The van der Waals surface area contributed by atoms with Gasteiger partial charge in [0.05, 0.1) is 39.1 Å². The average Bonchev–Trinajstić information content (AvgIpc) is 3.18. The van der Waals surface area contributed by atoms with Crippen LogP contribution in [0.2, 0.25) is 0 Å². The Hall–Kier alpha value is -4.91. The van der Waals surface area contributed by atoms with Crippen molar-refractivity contribution in [2.75, 3.05) is 13.2 Å². The Bertz CT molecular complexity index is 1770. The SMILES string of the molecule is CC(=O)C[C@H]1C(OC[C@H](NC(=O)OC(C)(C)C)C(=O)OCc2ccccc2)O[C@H](COCc2ccccc2)[C@H](OCc2ccccc2)[C@@H]1OCc1ccccc1. The molecular weight excluding hydrogens is 714 g/mol.